The molecule has 26 heavy (non-hydrogen) atoms. The predicted octanol–water partition coefficient (Wildman–Crippen LogP) is 5.87. The third-order valence-electron chi connectivity index (χ3n) is 3.74. The summed E-state index contributed by atoms with van der Waals surface area (Å²) in [5.41, 5.74) is 2.32. The fraction of sp³-hybridized carbons (Fsp3) is 0.0833. The molecule has 0 heterocycles. The van der Waals surface area contributed by atoms with Crippen LogP contribution < -0.4 is 9.47 Å². The van der Waals surface area contributed by atoms with Crippen LogP contribution in [0, 0.1) is 0 Å². The molecule has 0 amide bonds. The Kier molecular flexibility index (Phi) is 6.68. The van der Waals surface area contributed by atoms with Crippen molar-refractivity contribution in [2.45, 2.75) is 0 Å². The monoisotopic (exact) mass is 342 g/mol. The van der Waals surface area contributed by atoms with E-state index < -0.39 is 0 Å². The molecule has 3 rings (SSSR count). The molecule has 0 atom stereocenters. The SMILES string of the molecule is C(=Cc1ccccc1)COc1ccccc1OCC=Cc1ccccc1. The number of rotatable bonds is 8. The molecule has 0 aliphatic carbocycles. The van der Waals surface area contributed by atoms with Gasteiger partial charge >= 0.3 is 0 Å². The maximum atomic E-state index is 5.84. The first-order valence-electron chi connectivity index (χ1n) is 8.69. The normalized spacial score (nSPS) is 11.1. The highest BCUT2D eigenvalue weighted by molar-refractivity contribution is 5.50. The largest absolute Gasteiger partial charge is 0.486 e. The zero-order valence-electron chi connectivity index (χ0n) is 14.6. The quantitative estimate of drug-likeness (QED) is 0.509. The van der Waals surface area contributed by atoms with Crippen molar-refractivity contribution < 1.29 is 9.47 Å². The Balaban J connectivity index is 1.51. The van der Waals surface area contributed by atoms with Crippen molar-refractivity contribution in [2.24, 2.45) is 0 Å². The number of benzene rings is 3. The van der Waals surface area contributed by atoms with E-state index in [1.54, 1.807) is 0 Å². The topological polar surface area (TPSA) is 18.5 Å². The Morgan fingerprint density at radius 2 is 0.885 bits per heavy atom. The van der Waals surface area contributed by atoms with E-state index >= 15 is 0 Å². The average molecular weight is 342 g/mol. The van der Waals surface area contributed by atoms with Gasteiger partial charge in [-0.05, 0) is 35.4 Å². The minimum atomic E-state index is 0.495. The van der Waals surface area contributed by atoms with Gasteiger partial charge in [-0.1, -0.05) is 84.9 Å². The smallest absolute Gasteiger partial charge is 0.161 e. The number of hydrogen-bond acceptors (Lipinski definition) is 2. The lowest BCUT2D eigenvalue weighted by atomic mass is 10.2. The molecule has 2 nitrogen and oxygen atoms in total. The molecule has 0 radical (unpaired) electrons. The van der Waals surface area contributed by atoms with E-state index in [1.165, 1.54) is 0 Å². The minimum Gasteiger partial charge on any atom is -0.486 e. The molecule has 0 saturated carbocycles. The lowest BCUT2D eigenvalue weighted by Gasteiger charge is -2.10. The molecule has 0 bridgehead atoms. The first-order chi connectivity index (χ1) is 12.9. The molecule has 0 aromatic heterocycles. The number of ether oxygens (including phenoxy) is 2. The number of para-hydroxylation sites is 2. The summed E-state index contributed by atoms with van der Waals surface area (Å²) >= 11 is 0. The third-order valence-corrected chi connectivity index (χ3v) is 3.74. The van der Waals surface area contributed by atoms with Gasteiger partial charge in [0, 0.05) is 0 Å². The van der Waals surface area contributed by atoms with Gasteiger partial charge in [-0.3, -0.25) is 0 Å². The molecule has 0 saturated heterocycles. The van der Waals surface area contributed by atoms with Crippen molar-refractivity contribution in [3.63, 3.8) is 0 Å². The second-order valence-corrected chi connectivity index (χ2v) is 5.69. The van der Waals surface area contributed by atoms with Gasteiger partial charge in [-0.15, -0.1) is 0 Å². The van der Waals surface area contributed by atoms with Crippen molar-refractivity contribution >= 4 is 12.2 Å². The van der Waals surface area contributed by atoms with E-state index in [1.807, 2.05) is 85.0 Å². The van der Waals surface area contributed by atoms with Gasteiger partial charge in [-0.25, -0.2) is 0 Å². The third kappa shape index (κ3) is 5.67. The molecule has 3 aromatic rings. The van der Waals surface area contributed by atoms with E-state index in [2.05, 4.69) is 24.3 Å². The van der Waals surface area contributed by atoms with Crippen LogP contribution in [-0.4, -0.2) is 13.2 Å². The van der Waals surface area contributed by atoms with Crippen LogP contribution in [0.1, 0.15) is 11.1 Å². The Morgan fingerprint density at radius 1 is 0.500 bits per heavy atom. The fourth-order valence-corrected chi connectivity index (χ4v) is 2.46. The highest BCUT2D eigenvalue weighted by atomic mass is 16.5. The van der Waals surface area contributed by atoms with E-state index in [9.17, 15) is 0 Å². The maximum absolute atomic E-state index is 5.84. The van der Waals surface area contributed by atoms with Crippen LogP contribution in [0.25, 0.3) is 12.2 Å². The molecule has 2 heteroatoms. The molecule has 0 aliphatic heterocycles. The predicted molar refractivity (Wildman–Crippen MR) is 108 cm³/mol. The van der Waals surface area contributed by atoms with Crippen LogP contribution in [0.15, 0.2) is 97.1 Å². The van der Waals surface area contributed by atoms with Gasteiger partial charge in [0.05, 0.1) is 0 Å². The summed E-state index contributed by atoms with van der Waals surface area (Å²) in [6.45, 7) is 0.990. The Bertz CT molecular complexity index is 764. The summed E-state index contributed by atoms with van der Waals surface area (Å²) in [6, 6.07) is 28.1. The zero-order valence-corrected chi connectivity index (χ0v) is 14.6. The first-order valence-corrected chi connectivity index (χ1v) is 8.69. The fourth-order valence-electron chi connectivity index (χ4n) is 2.46. The van der Waals surface area contributed by atoms with Crippen molar-refractivity contribution in [3.8, 4) is 11.5 Å². The zero-order chi connectivity index (χ0) is 17.9. The van der Waals surface area contributed by atoms with Gasteiger partial charge in [0.1, 0.15) is 13.2 Å². The van der Waals surface area contributed by atoms with Crippen LogP contribution in [0.5, 0.6) is 11.5 Å². The summed E-state index contributed by atoms with van der Waals surface area (Å²) in [7, 11) is 0. The maximum Gasteiger partial charge on any atom is 0.161 e. The standard InChI is InChI=1S/C24H22O2/c1-3-11-21(12-4-1)15-9-19-25-23-17-7-8-18-24(23)26-20-10-16-22-13-5-2-6-14-22/h1-18H,19-20H2. The van der Waals surface area contributed by atoms with Crippen LogP contribution in [0.4, 0.5) is 0 Å². The van der Waals surface area contributed by atoms with E-state index in [-0.39, 0.29) is 0 Å². The summed E-state index contributed by atoms with van der Waals surface area (Å²) in [5, 5.41) is 0. The van der Waals surface area contributed by atoms with Crippen LogP contribution in [0.2, 0.25) is 0 Å². The van der Waals surface area contributed by atoms with Crippen LogP contribution in [0.3, 0.4) is 0 Å². The number of hydrogen-bond donors (Lipinski definition) is 0. The van der Waals surface area contributed by atoms with Gasteiger partial charge < -0.3 is 9.47 Å². The van der Waals surface area contributed by atoms with E-state index in [0.717, 1.165) is 22.6 Å². The summed E-state index contributed by atoms with van der Waals surface area (Å²) < 4.78 is 11.7. The highest BCUT2D eigenvalue weighted by Gasteiger charge is 2.02. The van der Waals surface area contributed by atoms with Crippen molar-refractivity contribution in [1.82, 2.24) is 0 Å². The van der Waals surface area contributed by atoms with Crippen molar-refractivity contribution in [3.05, 3.63) is 108 Å². The molecule has 3 aromatic carbocycles. The van der Waals surface area contributed by atoms with E-state index in [0.29, 0.717) is 13.2 Å². The highest BCUT2D eigenvalue weighted by Crippen LogP contribution is 2.26. The van der Waals surface area contributed by atoms with Crippen molar-refractivity contribution in [1.29, 1.82) is 0 Å². The Hall–Kier alpha value is -3.26. The second kappa shape index (κ2) is 9.90. The molecule has 0 aliphatic rings. The molecular formula is C24H22O2. The molecule has 0 spiro atoms. The van der Waals surface area contributed by atoms with Gasteiger partial charge in [0.15, 0.2) is 11.5 Å². The van der Waals surface area contributed by atoms with Gasteiger partial charge in [0.2, 0.25) is 0 Å². The van der Waals surface area contributed by atoms with Gasteiger partial charge in [0.25, 0.3) is 0 Å². The molecule has 130 valence electrons. The van der Waals surface area contributed by atoms with Crippen LogP contribution in [-0.2, 0) is 0 Å². The van der Waals surface area contributed by atoms with Gasteiger partial charge in [-0.2, -0.15) is 0 Å². The summed E-state index contributed by atoms with van der Waals surface area (Å²) in [6.07, 6.45) is 8.10. The average Bonchev–Trinajstić information content (AvgIpc) is 2.71. The Labute approximate surface area is 155 Å². The first kappa shape index (κ1) is 17.6. The lowest BCUT2D eigenvalue weighted by molar-refractivity contribution is 0.308. The Morgan fingerprint density at radius 3 is 1.31 bits per heavy atom. The lowest BCUT2D eigenvalue weighted by Crippen LogP contribution is -1.99. The molecule has 0 fully saturated rings. The van der Waals surface area contributed by atoms with E-state index in [4.69, 9.17) is 9.47 Å². The molecule has 0 N–H and O–H groups in total. The second-order valence-electron chi connectivity index (χ2n) is 5.69. The van der Waals surface area contributed by atoms with Crippen molar-refractivity contribution in [2.75, 3.05) is 13.2 Å². The minimum absolute atomic E-state index is 0.495. The van der Waals surface area contributed by atoms with Crippen LogP contribution >= 0.6 is 0 Å². The summed E-state index contributed by atoms with van der Waals surface area (Å²) in [4.78, 5) is 0. The molecular weight excluding hydrogens is 320 g/mol. The molecule has 0 unspecified atom stereocenters. The summed E-state index contributed by atoms with van der Waals surface area (Å²) in [5.74, 6) is 1.50.